The number of aliphatic hydroxyl groups excluding tert-OH is 1. The summed E-state index contributed by atoms with van der Waals surface area (Å²) in [5.41, 5.74) is 2.03. The second-order valence-electron chi connectivity index (χ2n) is 9.46. The zero-order valence-corrected chi connectivity index (χ0v) is 17.9. The van der Waals surface area contributed by atoms with Gasteiger partial charge in [0.15, 0.2) is 0 Å². The third kappa shape index (κ3) is 4.10. The van der Waals surface area contributed by atoms with Crippen molar-refractivity contribution in [1.29, 1.82) is 0 Å². The van der Waals surface area contributed by atoms with Crippen LogP contribution in [0.25, 0.3) is 0 Å². The number of sulfonamides is 1. The second kappa shape index (κ2) is 7.62. The monoisotopic (exact) mass is 406 g/mol. The third-order valence-electron chi connectivity index (χ3n) is 7.55. The largest absolute Gasteiger partial charge is 0.393 e. The number of likely N-dealkylation sites (tertiary alicyclic amines) is 1. The van der Waals surface area contributed by atoms with E-state index in [2.05, 4.69) is 22.6 Å². The predicted molar refractivity (Wildman–Crippen MR) is 113 cm³/mol. The Morgan fingerprint density at radius 3 is 2.54 bits per heavy atom. The highest BCUT2D eigenvalue weighted by molar-refractivity contribution is 7.92. The van der Waals surface area contributed by atoms with Gasteiger partial charge in [-0.05, 0) is 54.7 Å². The van der Waals surface area contributed by atoms with Gasteiger partial charge in [-0.25, -0.2) is 8.42 Å². The van der Waals surface area contributed by atoms with Gasteiger partial charge in [0.2, 0.25) is 10.0 Å². The average molecular weight is 407 g/mol. The lowest BCUT2D eigenvalue weighted by Gasteiger charge is -2.29. The summed E-state index contributed by atoms with van der Waals surface area (Å²) in [6.45, 7) is 5.48. The first-order chi connectivity index (χ1) is 13.3. The molecular formula is C22H34N2O3S. The Hall–Kier alpha value is -1.11. The second-order valence-corrected chi connectivity index (χ2v) is 11.2. The first-order valence-corrected chi connectivity index (χ1v) is 12.7. The molecule has 2 N–H and O–H groups in total. The van der Waals surface area contributed by atoms with Crippen molar-refractivity contribution in [1.82, 2.24) is 4.90 Å². The summed E-state index contributed by atoms with van der Waals surface area (Å²) in [6, 6.07) is 7.88. The fraction of sp³-hybridized carbons (Fsp3) is 0.727. The minimum absolute atomic E-state index is 0.137. The van der Waals surface area contributed by atoms with Crippen LogP contribution in [-0.2, 0) is 15.4 Å². The van der Waals surface area contributed by atoms with Crippen LogP contribution in [0.5, 0.6) is 0 Å². The number of fused-ring (bicyclic) bond motifs is 1. The molecule has 2 saturated carbocycles. The molecule has 0 bridgehead atoms. The maximum Gasteiger partial charge on any atom is 0.229 e. The van der Waals surface area contributed by atoms with Gasteiger partial charge in [0.25, 0.3) is 0 Å². The molecule has 0 aromatic heterocycles. The molecule has 3 unspecified atom stereocenters. The highest BCUT2D eigenvalue weighted by atomic mass is 32.2. The van der Waals surface area contributed by atoms with E-state index in [0.717, 1.165) is 26.1 Å². The lowest BCUT2D eigenvalue weighted by molar-refractivity contribution is 0.0666. The maximum absolute atomic E-state index is 11.5. The van der Waals surface area contributed by atoms with E-state index >= 15 is 0 Å². The van der Waals surface area contributed by atoms with E-state index in [1.807, 2.05) is 18.2 Å². The minimum atomic E-state index is -3.25. The molecule has 3 aliphatic rings. The number of hydrogen-bond donors (Lipinski definition) is 2. The van der Waals surface area contributed by atoms with Crippen LogP contribution in [0.2, 0.25) is 0 Å². The average Bonchev–Trinajstić information content (AvgIpc) is 3.02. The molecule has 3 fully saturated rings. The Kier molecular flexibility index (Phi) is 5.49. The van der Waals surface area contributed by atoms with Gasteiger partial charge in [-0.1, -0.05) is 38.3 Å². The number of aliphatic hydroxyl groups is 1. The van der Waals surface area contributed by atoms with E-state index < -0.39 is 10.0 Å². The minimum Gasteiger partial charge on any atom is -0.393 e. The van der Waals surface area contributed by atoms with Crippen molar-refractivity contribution < 1.29 is 13.5 Å². The van der Waals surface area contributed by atoms with Crippen molar-refractivity contribution in [3.8, 4) is 0 Å². The molecule has 4 rings (SSSR count). The lowest BCUT2D eigenvalue weighted by atomic mass is 9.84. The van der Waals surface area contributed by atoms with E-state index in [9.17, 15) is 13.5 Å². The summed E-state index contributed by atoms with van der Waals surface area (Å²) in [6.07, 6.45) is 8.23. The number of benzene rings is 1. The number of rotatable bonds is 7. The Morgan fingerprint density at radius 1 is 1.21 bits per heavy atom. The van der Waals surface area contributed by atoms with Gasteiger partial charge in [0.1, 0.15) is 0 Å². The van der Waals surface area contributed by atoms with E-state index in [4.69, 9.17) is 0 Å². The van der Waals surface area contributed by atoms with Crippen LogP contribution in [0.4, 0.5) is 5.69 Å². The highest BCUT2D eigenvalue weighted by Crippen LogP contribution is 2.63. The number of nitrogens with zero attached hydrogens (tertiary/aromatic N) is 1. The predicted octanol–water partition coefficient (Wildman–Crippen LogP) is 3.21. The van der Waals surface area contributed by atoms with Crippen LogP contribution in [-0.4, -0.2) is 50.4 Å². The quantitative estimate of drug-likeness (QED) is 0.730. The van der Waals surface area contributed by atoms with Crippen LogP contribution in [0, 0.1) is 17.8 Å². The molecule has 6 heteroatoms. The summed E-state index contributed by atoms with van der Waals surface area (Å²) < 4.78 is 25.6. The molecule has 0 amide bonds. The summed E-state index contributed by atoms with van der Waals surface area (Å²) in [4.78, 5) is 2.52. The molecule has 0 spiro atoms. The highest BCUT2D eigenvalue weighted by Gasteiger charge is 2.65. The summed E-state index contributed by atoms with van der Waals surface area (Å²) in [5.74, 6) is 1.78. The van der Waals surface area contributed by atoms with E-state index in [1.54, 1.807) is 0 Å². The fourth-order valence-corrected chi connectivity index (χ4v) is 6.33. The number of piperidine rings is 1. The Balaban J connectivity index is 1.31. The van der Waals surface area contributed by atoms with Gasteiger partial charge >= 0.3 is 0 Å². The van der Waals surface area contributed by atoms with Crippen LogP contribution in [0.15, 0.2) is 24.3 Å². The van der Waals surface area contributed by atoms with Gasteiger partial charge in [0.05, 0.1) is 12.4 Å². The molecule has 156 valence electrons. The van der Waals surface area contributed by atoms with E-state index in [1.165, 1.54) is 43.9 Å². The summed E-state index contributed by atoms with van der Waals surface area (Å²) >= 11 is 0. The first-order valence-electron chi connectivity index (χ1n) is 10.8. The molecule has 28 heavy (non-hydrogen) atoms. The standard InChI is InChI=1S/C22H34N2O3S/c1-22(17-9-6-10-18(13-17)23-28(2,26)27)19-14-24(15-20(19)22)12-11-21(25)16-7-4-3-5-8-16/h6,9-10,13,16,19-21,23,25H,3-5,7-8,11-12,14-15H2,1-2H3. The summed E-state index contributed by atoms with van der Waals surface area (Å²) in [5, 5.41) is 10.5. The molecule has 1 saturated heterocycles. The van der Waals surface area contributed by atoms with Crippen molar-refractivity contribution in [2.24, 2.45) is 17.8 Å². The lowest BCUT2D eigenvalue weighted by Crippen LogP contribution is -2.33. The van der Waals surface area contributed by atoms with Crippen LogP contribution < -0.4 is 4.72 Å². The van der Waals surface area contributed by atoms with Gasteiger partial charge in [0, 0.05) is 30.7 Å². The molecule has 1 aromatic carbocycles. The Bertz CT molecular complexity index is 792. The Morgan fingerprint density at radius 2 is 1.89 bits per heavy atom. The number of nitrogens with one attached hydrogen (secondary N) is 1. The van der Waals surface area contributed by atoms with Crippen molar-refractivity contribution in [3.05, 3.63) is 29.8 Å². The fourth-order valence-electron chi connectivity index (χ4n) is 5.77. The van der Waals surface area contributed by atoms with Crippen molar-refractivity contribution in [2.75, 3.05) is 30.6 Å². The molecule has 2 aliphatic carbocycles. The van der Waals surface area contributed by atoms with Crippen molar-refractivity contribution in [3.63, 3.8) is 0 Å². The molecule has 1 aromatic rings. The number of anilines is 1. The van der Waals surface area contributed by atoms with Gasteiger partial charge in [-0.15, -0.1) is 0 Å². The number of hydrogen-bond acceptors (Lipinski definition) is 4. The van der Waals surface area contributed by atoms with Gasteiger partial charge in [-0.3, -0.25) is 4.72 Å². The molecule has 1 heterocycles. The van der Waals surface area contributed by atoms with E-state index in [-0.39, 0.29) is 11.5 Å². The third-order valence-corrected chi connectivity index (χ3v) is 8.16. The molecule has 0 radical (unpaired) electrons. The van der Waals surface area contributed by atoms with Crippen molar-refractivity contribution >= 4 is 15.7 Å². The van der Waals surface area contributed by atoms with Gasteiger partial charge < -0.3 is 10.0 Å². The Labute approximate surface area is 169 Å². The maximum atomic E-state index is 11.5. The molecular weight excluding hydrogens is 372 g/mol. The van der Waals surface area contributed by atoms with Crippen LogP contribution >= 0.6 is 0 Å². The topological polar surface area (TPSA) is 69.6 Å². The van der Waals surface area contributed by atoms with Crippen LogP contribution in [0.1, 0.15) is 51.0 Å². The smallest absolute Gasteiger partial charge is 0.229 e. The van der Waals surface area contributed by atoms with Gasteiger partial charge in [-0.2, -0.15) is 0 Å². The normalized spacial score (nSPS) is 32.1. The van der Waals surface area contributed by atoms with Crippen LogP contribution in [0.3, 0.4) is 0 Å². The zero-order valence-electron chi connectivity index (χ0n) is 17.1. The molecule has 1 aliphatic heterocycles. The first kappa shape index (κ1) is 20.2. The molecule has 3 atom stereocenters. The van der Waals surface area contributed by atoms with Crippen molar-refractivity contribution in [2.45, 2.75) is 57.0 Å². The van der Waals surface area contributed by atoms with E-state index in [0.29, 0.717) is 23.4 Å². The summed E-state index contributed by atoms with van der Waals surface area (Å²) in [7, 11) is -3.25. The molecule has 5 nitrogen and oxygen atoms in total. The SMILES string of the molecule is CC1(c2cccc(NS(C)(=O)=O)c2)C2CN(CCC(O)C3CCCCC3)CC21. The zero-order chi connectivity index (χ0) is 19.9.